The molecular weight excluding hydrogens is 376 g/mol. The molecule has 1 atom stereocenters. The van der Waals surface area contributed by atoms with Crippen molar-refractivity contribution in [3.8, 4) is 22.5 Å². The monoisotopic (exact) mass is 397 g/mol. The van der Waals surface area contributed by atoms with Crippen LogP contribution in [0.4, 0.5) is 8.78 Å². The van der Waals surface area contributed by atoms with Gasteiger partial charge in [-0.1, -0.05) is 30.3 Å². The van der Waals surface area contributed by atoms with Crippen molar-refractivity contribution in [2.24, 2.45) is 0 Å². The Morgan fingerprint density at radius 1 is 1.10 bits per heavy atom. The van der Waals surface area contributed by atoms with Crippen LogP contribution in [0.25, 0.3) is 22.5 Å². The Morgan fingerprint density at radius 3 is 2.62 bits per heavy atom. The van der Waals surface area contributed by atoms with Gasteiger partial charge in [0.25, 0.3) is 5.92 Å². The first kappa shape index (κ1) is 18.3. The van der Waals surface area contributed by atoms with E-state index in [-0.39, 0.29) is 19.3 Å². The summed E-state index contributed by atoms with van der Waals surface area (Å²) in [6.07, 6.45) is 1.41. The Hall–Kier alpha value is -2.74. The molecule has 8 heteroatoms. The van der Waals surface area contributed by atoms with Gasteiger partial charge in [0.15, 0.2) is 0 Å². The fraction of sp³-hybridized carbons (Fsp3) is 0.429. The lowest BCUT2D eigenvalue weighted by Crippen LogP contribution is -2.30. The van der Waals surface area contributed by atoms with E-state index in [9.17, 15) is 8.78 Å². The Labute approximate surface area is 166 Å². The van der Waals surface area contributed by atoms with E-state index in [1.165, 1.54) is 0 Å². The van der Waals surface area contributed by atoms with Gasteiger partial charge < -0.3 is 4.74 Å². The lowest BCUT2D eigenvalue weighted by atomic mass is 9.81. The summed E-state index contributed by atoms with van der Waals surface area (Å²) in [6.45, 7) is 2.64. The third kappa shape index (κ3) is 3.11. The summed E-state index contributed by atoms with van der Waals surface area (Å²) in [5, 5.41) is 14.6. The van der Waals surface area contributed by atoms with Crippen molar-refractivity contribution in [1.82, 2.24) is 25.6 Å². The summed E-state index contributed by atoms with van der Waals surface area (Å²) in [6, 6.07) is 9.55. The van der Waals surface area contributed by atoms with Crippen LogP contribution >= 0.6 is 0 Å². The average Bonchev–Trinajstić information content (AvgIpc) is 3.39. The van der Waals surface area contributed by atoms with E-state index < -0.39 is 11.5 Å². The molecule has 3 heterocycles. The van der Waals surface area contributed by atoms with Gasteiger partial charge in [-0.25, -0.2) is 8.78 Å². The molecule has 6 nitrogen and oxygen atoms in total. The standard InChI is InChI=1S/C21H21F2N5O/c1-20(9-5-11-29-20)18-17(19-25-27-28-26-19)16(13-6-3-2-4-7-13)14-12-21(22,23)10-8-15(14)24-18/h2-4,6-7H,5,8-12H2,1H3,(H,25,26,27,28). The van der Waals surface area contributed by atoms with Gasteiger partial charge in [0.05, 0.1) is 11.3 Å². The Kier molecular flexibility index (Phi) is 4.20. The Morgan fingerprint density at radius 2 is 1.93 bits per heavy atom. The molecule has 1 unspecified atom stereocenters. The molecule has 0 spiro atoms. The van der Waals surface area contributed by atoms with Crippen molar-refractivity contribution in [2.75, 3.05) is 6.61 Å². The molecule has 0 radical (unpaired) electrons. The summed E-state index contributed by atoms with van der Waals surface area (Å²) in [5.41, 5.74) is 3.56. The minimum Gasteiger partial charge on any atom is -0.369 e. The van der Waals surface area contributed by atoms with E-state index >= 15 is 0 Å². The Bertz CT molecular complexity index is 1030. The molecule has 5 rings (SSSR count). The first-order valence-electron chi connectivity index (χ1n) is 9.84. The summed E-state index contributed by atoms with van der Waals surface area (Å²) in [5.74, 6) is -2.41. The van der Waals surface area contributed by atoms with Crippen LogP contribution in [0.1, 0.15) is 43.1 Å². The van der Waals surface area contributed by atoms with E-state index in [2.05, 4.69) is 20.6 Å². The average molecular weight is 397 g/mol. The third-order valence-corrected chi connectivity index (χ3v) is 5.90. The maximum Gasteiger partial charge on any atom is 0.252 e. The number of aryl methyl sites for hydroxylation is 1. The zero-order valence-corrected chi connectivity index (χ0v) is 16.1. The second kappa shape index (κ2) is 6.66. The van der Waals surface area contributed by atoms with Crippen LogP contribution in [0, 0.1) is 0 Å². The molecule has 1 fully saturated rings. The predicted octanol–water partition coefficient (Wildman–Crippen LogP) is 4.08. The van der Waals surface area contributed by atoms with Crippen LogP contribution in [0.15, 0.2) is 30.3 Å². The molecule has 0 amide bonds. The van der Waals surface area contributed by atoms with Gasteiger partial charge >= 0.3 is 0 Å². The molecule has 29 heavy (non-hydrogen) atoms. The minimum absolute atomic E-state index is 0.195. The SMILES string of the molecule is CC1(c2nc3c(c(-c4ccccc4)c2-c2nn[nH]n2)CC(F)(F)CC3)CCCO1. The van der Waals surface area contributed by atoms with Crippen LogP contribution < -0.4 is 0 Å². The number of fused-ring (bicyclic) bond motifs is 1. The number of ether oxygens (including phenoxy) is 1. The predicted molar refractivity (Wildman–Crippen MR) is 102 cm³/mol. The van der Waals surface area contributed by atoms with Crippen molar-refractivity contribution < 1.29 is 13.5 Å². The van der Waals surface area contributed by atoms with Crippen molar-refractivity contribution in [1.29, 1.82) is 0 Å². The highest BCUT2D eigenvalue weighted by atomic mass is 19.3. The van der Waals surface area contributed by atoms with Gasteiger partial charge in [-0.3, -0.25) is 4.98 Å². The van der Waals surface area contributed by atoms with E-state index in [1.54, 1.807) is 0 Å². The second-order valence-corrected chi connectivity index (χ2v) is 7.95. The van der Waals surface area contributed by atoms with Gasteiger partial charge in [-0.2, -0.15) is 5.21 Å². The number of halogens is 2. The van der Waals surface area contributed by atoms with Crippen LogP contribution in [-0.4, -0.2) is 38.1 Å². The number of H-pyrrole nitrogens is 1. The molecule has 1 aromatic carbocycles. The van der Waals surface area contributed by atoms with E-state index in [4.69, 9.17) is 9.72 Å². The number of hydrogen-bond acceptors (Lipinski definition) is 5. The van der Waals surface area contributed by atoms with E-state index in [0.29, 0.717) is 40.5 Å². The molecular formula is C21H21F2N5O. The zero-order valence-electron chi connectivity index (χ0n) is 16.1. The molecule has 0 saturated carbocycles. The number of aromatic amines is 1. The van der Waals surface area contributed by atoms with Crippen molar-refractivity contribution >= 4 is 0 Å². The summed E-state index contributed by atoms with van der Waals surface area (Å²) < 4.78 is 34.9. The highest BCUT2D eigenvalue weighted by Gasteiger charge is 2.42. The quantitative estimate of drug-likeness (QED) is 0.721. The molecule has 1 N–H and O–H groups in total. The molecule has 150 valence electrons. The summed E-state index contributed by atoms with van der Waals surface area (Å²) in [4.78, 5) is 4.89. The highest BCUT2D eigenvalue weighted by Crippen LogP contribution is 2.47. The second-order valence-electron chi connectivity index (χ2n) is 7.95. The lowest BCUT2D eigenvalue weighted by molar-refractivity contribution is -0.0131. The fourth-order valence-electron chi connectivity index (χ4n) is 4.47. The number of nitrogens with one attached hydrogen (secondary N) is 1. The first-order valence-corrected chi connectivity index (χ1v) is 9.84. The van der Waals surface area contributed by atoms with E-state index in [1.807, 2.05) is 37.3 Å². The van der Waals surface area contributed by atoms with Crippen molar-refractivity contribution in [3.05, 3.63) is 47.3 Å². The minimum atomic E-state index is -2.76. The topological polar surface area (TPSA) is 76.6 Å². The van der Waals surface area contributed by atoms with Crippen LogP contribution in [-0.2, 0) is 23.2 Å². The molecule has 1 aliphatic carbocycles. The van der Waals surface area contributed by atoms with Gasteiger partial charge in [-0.05, 0) is 42.5 Å². The summed E-state index contributed by atoms with van der Waals surface area (Å²) >= 11 is 0. The van der Waals surface area contributed by atoms with Crippen molar-refractivity contribution in [2.45, 2.75) is 50.6 Å². The first-order chi connectivity index (χ1) is 14.0. The number of pyridine rings is 1. The third-order valence-electron chi connectivity index (χ3n) is 5.90. The number of rotatable bonds is 3. The molecule has 2 aliphatic rings. The summed E-state index contributed by atoms with van der Waals surface area (Å²) in [7, 11) is 0. The highest BCUT2D eigenvalue weighted by molar-refractivity contribution is 5.85. The van der Waals surface area contributed by atoms with Gasteiger partial charge in [0.2, 0.25) is 5.82 Å². The number of tetrazole rings is 1. The number of hydrogen-bond donors (Lipinski definition) is 1. The molecule has 0 bridgehead atoms. The molecule has 2 aromatic heterocycles. The number of nitrogens with zero attached hydrogens (tertiary/aromatic N) is 4. The van der Waals surface area contributed by atoms with E-state index in [0.717, 1.165) is 18.4 Å². The Balaban J connectivity index is 1.87. The van der Waals surface area contributed by atoms with Gasteiger partial charge in [0, 0.05) is 30.7 Å². The van der Waals surface area contributed by atoms with Crippen molar-refractivity contribution in [3.63, 3.8) is 0 Å². The normalized spacial score (nSPS) is 23.1. The zero-order chi connectivity index (χ0) is 20.1. The number of aromatic nitrogens is 5. The molecule has 1 aliphatic heterocycles. The van der Waals surface area contributed by atoms with Gasteiger partial charge in [0.1, 0.15) is 5.60 Å². The molecule has 1 saturated heterocycles. The lowest BCUT2D eigenvalue weighted by Gasteiger charge is -2.32. The number of alkyl halides is 2. The van der Waals surface area contributed by atoms with Crippen LogP contribution in [0.3, 0.4) is 0 Å². The maximum absolute atomic E-state index is 14.4. The maximum atomic E-state index is 14.4. The van der Waals surface area contributed by atoms with Gasteiger partial charge in [-0.15, -0.1) is 10.2 Å². The smallest absolute Gasteiger partial charge is 0.252 e. The fourth-order valence-corrected chi connectivity index (χ4v) is 4.47. The largest absolute Gasteiger partial charge is 0.369 e. The van der Waals surface area contributed by atoms with Crippen LogP contribution in [0.2, 0.25) is 0 Å². The van der Waals surface area contributed by atoms with Crippen LogP contribution in [0.5, 0.6) is 0 Å². The molecule has 3 aromatic rings. The number of benzene rings is 1.